The Morgan fingerprint density at radius 3 is 2.28 bits per heavy atom. The summed E-state index contributed by atoms with van der Waals surface area (Å²) in [7, 11) is -7.46. The van der Waals surface area contributed by atoms with Crippen LogP contribution in [0.5, 0.6) is 0 Å². The molecule has 25 heavy (non-hydrogen) atoms. The molecule has 0 spiro atoms. The summed E-state index contributed by atoms with van der Waals surface area (Å²) >= 11 is 0. The molecular weight excluding hydrogens is 362 g/mol. The van der Waals surface area contributed by atoms with Crippen molar-refractivity contribution in [3.8, 4) is 0 Å². The molecule has 1 aliphatic heterocycles. The van der Waals surface area contributed by atoms with Crippen LogP contribution >= 0.6 is 0 Å². The minimum absolute atomic E-state index is 0.000463. The summed E-state index contributed by atoms with van der Waals surface area (Å²) in [5, 5.41) is 0. The van der Waals surface area contributed by atoms with E-state index in [1.54, 1.807) is 13.8 Å². The van der Waals surface area contributed by atoms with Crippen molar-refractivity contribution in [2.75, 3.05) is 26.2 Å². The van der Waals surface area contributed by atoms with E-state index in [4.69, 9.17) is 5.73 Å². The highest BCUT2D eigenvalue weighted by molar-refractivity contribution is 7.90. The fourth-order valence-electron chi connectivity index (χ4n) is 3.26. The highest BCUT2D eigenvalue weighted by Gasteiger charge is 2.37. The van der Waals surface area contributed by atoms with Crippen molar-refractivity contribution in [2.24, 2.45) is 11.7 Å². The topological polar surface area (TPSA) is 101 Å². The van der Waals surface area contributed by atoms with E-state index in [2.05, 4.69) is 0 Å². The quantitative estimate of drug-likeness (QED) is 0.752. The van der Waals surface area contributed by atoms with Gasteiger partial charge in [-0.3, -0.25) is 0 Å². The lowest BCUT2D eigenvalue weighted by Crippen LogP contribution is -2.35. The fourth-order valence-corrected chi connectivity index (χ4v) is 6.60. The first kappa shape index (κ1) is 20.3. The van der Waals surface area contributed by atoms with Crippen LogP contribution in [0.15, 0.2) is 34.1 Å². The third kappa shape index (κ3) is 3.90. The van der Waals surface area contributed by atoms with Crippen molar-refractivity contribution in [2.45, 2.75) is 43.0 Å². The number of sulfonamides is 2. The standard InChI is InChI=1S/C16H27N3O4S2/c1-4-18(5-2)24(20,21)15-7-6-8-16(10-15)25(22,23)19-12-14(11-17)9-13(19)3/h6-8,10,13-14H,4-5,9,11-12,17H2,1-3H3. The van der Waals surface area contributed by atoms with Gasteiger partial charge >= 0.3 is 0 Å². The number of rotatable bonds is 7. The number of nitrogens with two attached hydrogens (primary N) is 1. The maximum Gasteiger partial charge on any atom is 0.243 e. The van der Waals surface area contributed by atoms with E-state index in [1.807, 2.05) is 6.92 Å². The van der Waals surface area contributed by atoms with Crippen LogP contribution in [-0.2, 0) is 20.0 Å². The van der Waals surface area contributed by atoms with Gasteiger partial charge in [0.1, 0.15) is 0 Å². The second kappa shape index (κ2) is 7.71. The van der Waals surface area contributed by atoms with Gasteiger partial charge in [0.2, 0.25) is 20.0 Å². The van der Waals surface area contributed by atoms with Gasteiger partial charge in [0.05, 0.1) is 9.79 Å². The van der Waals surface area contributed by atoms with E-state index in [9.17, 15) is 16.8 Å². The lowest BCUT2D eigenvalue weighted by molar-refractivity contribution is 0.404. The van der Waals surface area contributed by atoms with Crippen molar-refractivity contribution in [3.63, 3.8) is 0 Å². The first-order chi connectivity index (χ1) is 11.7. The molecule has 0 aromatic heterocycles. The molecule has 1 aromatic rings. The first-order valence-corrected chi connectivity index (χ1v) is 11.4. The molecular formula is C16H27N3O4S2. The van der Waals surface area contributed by atoms with Crippen LogP contribution in [0, 0.1) is 5.92 Å². The summed E-state index contributed by atoms with van der Waals surface area (Å²) in [5.74, 6) is 0.132. The monoisotopic (exact) mass is 389 g/mol. The van der Waals surface area contributed by atoms with Crippen LogP contribution < -0.4 is 5.73 Å². The Morgan fingerprint density at radius 1 is 1.16 bits per heavy atom. The van der Waals surface area contributed by atoms with Gasteiger partial charge in [-0.25, -0.2) is 16.8 Å². The Kier molecular flexibility index (Phi) is 6.26. The Morgan fingerprint density at radius 2 is 1.76 bits per heavy atom. The fraction of sp³-hybridized carbons (Fsp3) is 0.625. The molecule has 0 bridgehead atoms. The van der Waals surface area contributed by atoms with Gasteiger partial charge in [-0.15, -0.1) is 0 Å². The normalized spacial score (nSPS) is 22.6. The molecule has 0 aliphatic carbocycles. The van der Waals surface area contributed by atoms with E-state index in [0.717, 1.165) is 0 Å². The molecule has 2 unspecified atom stereocenters. The van der Waals surface area contributed by atoms with Gasteiger partial charge in [-0.05, 0) is 44.0 Å². The summed E-state index contributed by atoms with van der Waals surface area (Å²) in [4.78, 5) is 0.00440. The SMILES string of the molecule is CCN(CC)S(=O)(=O)c1cccc(S(=O)(=O)N2CC(CN)CC2C)c1. The zero-order chi connectivity index (χ0) is 18.8. The lowest BCUT2D eigenvalue weighted by atomic mass is 10.1. The minimum Gasteiger partial charge on any atom is -0.330 e. The van der Waals surface area contributed by atoms with E-state index in [1.165, 1.54) is 32.9 Å². The van der Waals surface area contributed by atoms with Crippen molar-refractivity contribution in [3.05, 3.63) is 24.3 Å². The van der Waals surface area contributed by atoms with Crippen molar-refractivity contribution >= 4 is 20.0 Å². The third-order valence-electron chi connectivity index (χ3n) is 4.69. The molecule has 1 heterocycles. The van der Waals surface area contributed by atoms with Gasteiger partial charge in [0.15, 0.2) is 0 Å². The summed E-state index contributed by atoms with van der Waals surface area (Å²) in [5.41, 5.74) is 5.68. The number of hydrogen-bond donors (Lipinski definition) is 1. The van der Waals surface area contributed by atoms with E-state index < -0.39 is 20.0 Å². The number of nitrogens with zero attached hydrogens (tertiary/aromatic N) is 2. The Labute approximate surface area is 150 Å². The van der Waals surface area contributed by atoms with E-state index in [-0.39, 0.29) is 21.8 Å². The molecule has 0 amide bonds. The predicted molar refractivity (Wildman–Crippen MR) is 97.1 cm³/mol. The summed E-state index contributed by atoms with van der Waals surface area (Å²) in [6.45, 7) is 6.82. The molecule has 1 saturated heterocycles. The molecule has 0 saturated carbocycles. The Bertz CT molecular complexity index is 804. The van der Waals surface area contributed by atoms with Crippen molar-refractivity contribution in [1.82, 2.24) is 8.61 Å². The highest BCUT2D eigenvalue weighted by Crippen LogP contribution is 2.30. The maximum absolute atomic E-state index is 13.0. The van der Waals surface area contributed by atoms with Gasteiger partial charge < -0.3 is 5.73 Å². The predicted octanol–water partition coefficient (Wildman–Crippen LogP) is 1.07. The van der Waals surface area contributed by atoms with Crippen molar-refractivity contribution in [1.29, 1.82) is 0 Å². The largest absolute Gasteiger partial charge is 0.330 e. The Balaban J connectivity index is 2.42. The molecule has 1 aliphatic rings. The average Bonchev–Trinajstić information content (AvgIpc) is 2.97. The van der Waals surface area contributed by atoms with Crippen LogP contribution in [0.1, 0.15) is 27.2 Å². The Hall–Kier alpha value is -1.00. The third-order valence-corrected chi connectivity index (χ3v) is 8.71. The number of hydrogen-bond acceptors (Lipinski definition) is 5. The highest BCUT2D eigenvalue weighted by atomic mass is 32.2. The summed E-state index contributed by atoms with van der Waals surface area (Å²) in [6.07, 6.45) is 0.715. The van der Waals surface area contributed by atoms with Crippen LogP contribution in [0.4, 0.5) is 0 Å². The lowest BCUT2D eigenvalue weighted by Gasteiger charge is -2.22. The average molecular weight is 390 g/mol. The van der Waals surface area contributed by atoms with Gasteiger partial charge in [-0.1, -0.05) is 19.9 Å². The van der Waals surface area contributed by atoms with E-state index >= 15 is 0 Å². The van der Waals surface area contributed by atoms with Gasteiger partial charge in [0, 0.05) is 25.7 Å². The van der Waals surface area contributed by atoms with Gasteiger partial charge in [-0.2, -0.15) is 8.61 Å². The van der Waals surface area contributed by atoms with Crippen molar-refractivity contribution < 1.29 is 16.8 Å². The van der Waals surface area contributed by atoms with Gasteiger partial charge in [0.25, 0.3) is 0 Å². The second-order valence-corrected chi connectivity index (χ2v) is 10.2. The smallest absolute Gasteiger partial charge is 0.243 e. The molecule has 142 valence electrons. The van der Waals surface area contributed by atoms with Crippen LogP contribution in [-0.4, -0.2) is 57.7 Å². The molecule has 2 atom stereocenters. The molecule has 9 heteroatoms. The molecule has 0 radical (unpaired) electrons. The molecule has 1 fully saturated rings. The maximum atomic E-state index is 13.0. The number of benzene rings is 1. The molecule has 2 N–H and O–H groups in total. The zero-order valence-corrected chi connectivity index (χ0v) is 16.6. The van der Waals surface area contributed by atoms with Crippen LogP contribution in [0.3, 0.4) is 0 Å². The second-order valence-electron chi connectivity index (χ2n) is 6.33. The molecule has 7 nitrogen and oxygen atoms in total. The molecule has 2 rings (SSSR count). The van der Waals surface area contributed by atoms with Crippen LogP contribution in [0.2, 0.25) is 0 Å². The first-order valence-electron chi connectivity index (χ1n) is 8.50. The van der Waals surface area contributed by atoms with E-state index in [0.29, 0.717) is 32.6 Å². The zero-order valence-electron chi connectivity index (χ0n) is 14.9. The molecule has 1 aromatic carbocycles. The minimum atomic E-state index is -3.76. The summed E-state index contributed by atoms with van der Waals surface area (Å²) in [6, 6.07) is 5.46. The van der Waals surface area contributed by atoms with Crippen LogP contribution in [0.25, 0.3) is 0 Å². The summed E-state index contributed by atoms with van der Waals surface area (Å²) < 4.78 is 54.0.